The standard InChI is InChI=1S/C28H43N3O2/c1-21(31-17-8-7-11-25(31)32)26(33)29-24-12-13-28(23-10-6-5-9-22(23)24)15-19-30(20-16-28)18-14-27(2,3)4/h5-6,9-10,21,24H,7-8,11-20H2,1-4H3,(H,29,33)/t21-,24+/m1/s1. The number of likely N-dealkylation sites (tertiary alicyclic amines) is 2. The van der Waals surface area contributed by atoms with Gasteiger partial charge in [-0.1, -0.05) is 45.0 Å². The molecule has 2 saturated heterocycles. The number of piperidine rings is 2. The van der Waals surface area contributed by atoms with Gasteiger partial charge in [0.15, 0.2) is 0 Å². The van der Waals surface area contributed by atoms with Crippen molar-refractivity contribution < 1.29 is 9.59 Å². The maximum atomic E-state index is 13.1. The van der Waals surface area contributed by atoms with Crippen LogP contribution >= 0.6 is 0 Å². The Kier molecular flexibility index (Phi) is 7.18. The molecular formula is C28H43N3O2. The van der Waals surface area contributed by atoms with Crippen molar-refractivity contribution in [2.75, 3.05) is 26.2 Å². The van der Waals surface area contributed by atoms with Gasteiger partial charge in [-0.2, -0.15) is 0 Å². The summed E-state index contributed by atoms with van der Waals surface area (Å²) < 4.78 is 0. The van der Waals surface area contributed by atoms with Crippen LogP contribution in [0, 0.1) is 5.41 Å². The van der Waals surface area contributed by atoms with Crippen LogP contribution in [0.15, 0.2) is 24.3 Å². The predicted octanol–water partition coefficient (Wildman–Crippen LogP) is 4.81. The Labute approximate surface area is 200 Å². The molecule has 4 rings (SSSR count). The minimum absolute atomic E-state index is 0.0157. The normalized spacial score (nSPS) is 24.4. The lowest BCUT2D eigenvalue weighted by Gasteiger charge is -2.47. The first-order valence-corrected chi connectivity index (χ1v) is 13.1. The summed E-state index contributed by atoms with van der Waals surface area (Å²) in [6, 6.07) is 8.42. The van der Waals surface area contributed by atoms with E-state index in [-0.39, 0.29) is 23.3 Å². The van der Waals surface area contributed by atoms with Crippen LogP contribution in [0.1, 0.15) is 96.2 Å². The second-order valence-corrected chi connectivity index (χ2v) is 11.8. The Morgan fingerprint density at radius 3 is 2.55 bits per heavy atom. The second-order valence-electron chi connectivity index (χ2n) is 11.8. The van der Waals surface area contributed by atoms with E-state index in [1.54, 1.807) is 4.90 Å². The quantitative estimate of drug-likeness (QED) is 0.696. The Hall–Kier alpha value is -1.88. The highest BCUT2D eigenvalue weighted by molar-refractivity contribution is 5.88. The summed E-state index contributed by atoms with van der Waals surface area (Å²) in [6.07, 6.45) is 8.24. The lowest BCUT2D eigenvalue weighted by atomic mass is 9.63. The zero-order chi connectivity index (χ0) is 23.6. The SMILES string of the molecule is C[C@H](C(=O)N[C@H]1CCC2(CCN(CCC(C)(C)C)CC2)c2ccccc21)N1CCCCC1=O. The van der Waals surface area contributed by atoms with Crippen LogP contribution in [0.5, 0.6) is 0 Å². The maximum absolute atomic E-state index is 13.1. The summed E-state index contributed by atoms with van der Waals surface area (Å²) in [7, 11) is 0. The Bertz CT molecular complexity index is 851. The number of fused-ring (bicyclic) bond motifs is 2. The first kappa shape index (κ1) is 24.3. The van der Waals surface area contributed by atoms with Gasteiger partial charge in [-0.05, 0) is 93.5 Å². The minimum atomic E-state index is -0.396. The number of benzene rings is 1. The highest BCUT2D eigenvalue weighted by atomic mass is 16.2. The molecular weight excluding hydrogens is 410 g/mol. The number of carbonyl (C=O) groups is 2. The molecule has 0 unspecified atom stereocenters. The molecule has 1 aromatic rings. The zero-order valence-corrected chi connectivity index (χ0v) is 21.2. The van der Waals surface area contributed by atoms with Gasteiger partial charge in [-0.15, -0.1) is 0 Å². The Balaban J connectivity index is 1.43. The Morgan fingerprint density at radius 2 is 1.85 bits per heavy atom. The number of amides is 2. The first-order valence-electron chi connectivity index (χ1n) is 13.1. The molecule has 1 aliphatic carbocycles. The van der Waals surface area contributed by atoms with Gasteiger partial charge in [-0.25, -0.2) is 0 Å². The van der Waals surface area contributed by atoms with E-state index < -0.39 is 6.04 Å². The van der Waals surface area contributed by atoms with Crippen molar-refractivity contribution in [2.24, 2.45) is 5.41 Å². The molecule has 1 N–H and O–H groups in total. The van der Waals surface area contributed by atoms with E-state index in [0.29, 0.717) is 18.4 Å². The molecule has 2 atom stereocenters. The number of nitrogens with one attached hydrogen (secondary N) is 1. The molecule has 0 saturated carbocycles. The van der Waals surface area contributed by atoms with Gasteiger partial charge in [0.2, 0.25) is 11.8 Å². The van der Waals surface area contributed by atoms with Crippen LogP contribution in [0.25, 0.3) is 0 Å². The highest BCUT2D eigenvalue weighted by Gasteiger charge is 2.42. The number of rotatable bonds is 5. The lowest BCUT2D eigenvalue weighted by Crippen LogP contribution is -2.51. The van der Waals surface area contributed by atoms with Crippen LogP contribution in [0.2, 0.25) is 0 Å². The van der Waals surface area contributed by atoms with Crippen LogP contribution in [0.3, 0.4) is 0 Å². The van der Waals surface area contributed by atoms with Gasteiger partial charge in [0.05, 0.1) is 6.04 Å². The molecule has 5 heteroatoms. The largest absolute Gasteiger partial charge is 0.348 e. The van der Waals surface area contributed by atoms with Crippen molar-refractivity contribution in [2.45, 2.75) is 96.6 Å². The predicted molar refractivity (Wildman–Crippen MR) is 133 cm³/mol. The molecule has 33 heavy (non-hydrogen) atoms. The molecule has 2 heterocycles. The van der Waals surface area contributed by atoms with Gasteiger partial charge >= 0.3 is 0 Å². The van der Waals surface area contributed by atoms with Crippen molar-refractivity contribution in [3.8, 4) is 0 Å². The second kappa shape index (κ2) is 9.77. The maximum Gasteiger partial charge on any atom is 0.242 e. The molecule has 1 spiro atoms. The third-order valence-electron chi connectivity index (χ3n) is 8.33. The van der Waals surface area contributed by atoms with E-state index in [2.05, 4.69) is 55.3 Å². The average molecular weight is 454 g/mol. The topological polar surface area (TPSA) is 52.7 Å². The molecule has 0 radical (unpaired) electrons. The number of hydrogen-bond acceptors (Lipinski definition) is 3. The van der Waals surface area contributed by atoms with Gasteiger partial charge in [0.1, 0.15) is 6.04 Å². The first-order chi connectivity index (χ1) is 15.7. The zero-order valence-electron chi connectivity index (χ0n) is 21.2. The van der Waals surface area contributed by atoms with Crippen LogP contribution in [-0.2, 0) is 15.0 Å². The number of nitrogens with zero attached hydrogens (tertiary/aromatic N) is 2. The average Bonchev–Trinajstić information content (AvgIpc) is 2.80. The summed E-state index contributed by atoms with van der Waals surface area (Å²) in [4.78, 5) is 29.8. The fourth-order valence-electron chi connectivity index (χ4n) is 6.03. The van der Waals surface area contributed by atoms with Gasteiger partial charge in [0, 0.05) is 13.0 Å². The van der Waals surface area contributed by atoms with Crippen molar-refractivity contribution in [1.82, 2.24) is 15.1 Å². The molecule has 2 amide bonds. The fourth-order valence-corrected chi connectivity index (χ4v) is 6.03. The summed E-state index contributed by atoms with van der Waals surface area (Å²) in [5.74, 6) is 0.100. The number of carbonyl (C=O) groups excluding carboxylic acids is 2. The summed E-state index contributed by atoms with van der Waals surface area (Å²) in [5.41, 5.74) is 3.36. The van der Waals surface area contributed by atoms with E-state index in [9.17, 15) is 9.59 Å². The third-order valence-corrected chi connectivity index (χ3v) is 8.33. The molecule has 2 aliphatic heterocycles. The van der Waals surface area contributed by atoms with Crippen molar-refractivity contribution in [3.63, 3.8) is 0 Å². The monoisotopic (exact) mass is 453 g/mol. The van der Waals surface area contributed by atoms with Gasteiger partial charge in [-0.3, -0.25) is 9.59 Å². The minimum Gasteiger partial charge on any atom is -0.348 e. The van der Waals surface area contributed by atoms with Gasteiger partial charge in [0.25, 0.3) is 0 Å². The van der Waals surface area contributed by atoms with Crippen molar-refractivity contribution in [3.05, 3.63) is 35.4 Å². The molecule has 0 bridgehead atoms. The molecule has 5 nitrogen and oxygen atoms in total. The molecule has 1 aromatic carbocycles. The molecule has 0 aromatic heterocycles. The highest BCUT2D eigenvalue weighted by Crippen LogP contribution is 2.48. The summed E-state index contributed by atoms with van der Waals surface area (Å²) >= 11 is 0. The van der Waals surface area contributed by atoms with E-state index in [1.165, 1.54) is 36.9 Å². The molecule has 2 fully saturated rings. The summed E-state index contributed by atoms with van der Waals surface area (Å²) in [6.45, 7) is 13.1. The van der Waals surface area contributed by atoms with E-state index >= 15 is 0 Å². The van der Waals surface area contributed by atoms with Crippen molar-refractivity contribution in [1.29, 1.82) is 0 Å². The third kappa shape index (κ3) is 5.45. The smallest absolute Gasteiger partial charge is 0.242 e. The van der Waals surface area contributed by atoms with Gasteiger partial charge < -0.3 is 15.1 Å². The van der Waals surface area contributed by atoms with Crippen LogP contribution < -0.4 is 5.32 Å². The van der Waals surface area contributed by atoms with E-state index in [0.717, 1.165) is 38.8 Å². The summed E-state index contributed by atoms with van der Waals surface area (Å²) in [5, 5.41) is 3.32. The van der Waals surface area contributed by atoms with E-state index in [1.807, 2.05) is 6.92 Å². The Morgan fingerprint density at radius 1 is 1.12 bits per heavy atom. The van der Waals surface area contributed by atoms with Crippen LogP contribution in [-0.4, -0.2) is 53.8 Å². The van der Waals surface area contributed by atoms with E-state index in [4.69, 9.17) is 0 Å². The fraction of sp³-hybridized carbons (Fsp3) is 0.714. The van der Waals surface area contributed by atoms with Crippen LogP contribution in [0.4, 0.5) is 0 Å². The number of hydrogen-bond donors (Lipinski definition) is 1. The van der Waals surface area contributed by atoms with Crippen molar-refractivity contribution >= 4 is 11.8 Å². The molecule has 182 valence electrons. The molecule has 3 aliphatic rings. The lowest BCUT2D eigenvalue weighted by molar-refractivity contribution is -0.142.